The van der Waals surface area contributed by atoms with Gasteiger partial charge in [-0.15, -0.1) is 0 Å². The molecule has 176 valence electrons. The van der Waals surface area contributed by atoms with Crippen LogP contribution in [0.4, 0.5) is 4.39 Å². The predicted octanol–water partition coefficient (Wildman–Crippen LogP) is 5.55. The van der Waals surface area contributed by atoms with Crippen molar-refractivity contribution in [1.82, 2.24) is 9.55 Å². The zero-order chi connectivity index (χ0) is 24.7. The SMILES string of the molecule is COc1ccc2nc(-n3c(O)c(O)c(C(=O)c4ccccc4OC)c3-c3ccccc3F)sc2c1. The minimum atomic E-state index is -0.684. The van der Waals surface area contributed by atoms with E-state index in [-0.39, 0.29) is 33.3 Å². The van der Waals surface area contributed by atoms with Gasteiger partial charge in [-0.05, 0) is 42.5 Å². The van der Waals surface area contributed by atoms with Gasteiger partial charge < -0.3 is 19.7 Å². The number of nitrogens with zero attached hydrogens (tertiary/aromatic N) is 2. The van der Waals surface area contributed by atoms with Gasteiger partial charge in [0.2, 0.25) is 11.7 Å². The molecular formula is C26H19FN2O5S. The number of hydrogen-bond acceptors (Lipinski definition) is 7. The van der Waals surface area contributed by atoms with E-state index in [0.29, 0.717) is 11.3 Å². The summed E-state index contributed by atoms with van der Waals surface area (Å²) in [6, 6.07) is 17.6. The monoisotopic (exact) mass is 490 g/mol. The molecule has 0 atom stereocenters. The van der Waals surface area contributed by atoms with Crippen LogP contribution < -0.4 is 9.47 Å². The van der Waals surface area contributed by atoms with Crippen molar-refractivity contribution < 1.29 is 28.9 Å². The van der Waals surface area contributed by atoms with Gasteiger partial charge in [0, 0.05) is 5.56 Å². The average molecular weight is 491 g/mol. The lowest BCUT2D eigenvalue weighted by atomic mass is 9.98. The molecule has 5 rings (SSSR count). The Hall–Kier alpha value is -4.37. The van der Waals surface area contributed by atoms with Crippen molar-refractivity contribution >= 4 is 27.3 Å². The molecule has 0 aliphatic rings. The lowest BCUT2D eigenvalue weighted by molar-refractivity contribution is 0.103. The third kappa shape index (κ3) is 3.66. The summed E-state index contributed by atoms with van der Waals surface area (Å²) in [6.45, 7) is 0. The number of thiazole rings is 1. The fourth-order valence-corrected chi connectivity index (χ4v) is 4.94. The molecule has 0 radical (unpaired) electrons. The van der Waals surface area contributed by atoms with Crippen LogP contribution in [0.25, 0.3) is 26.6 Å². The molecule has 0 unspecified atom stereocenters. The molecule has 9 heteroatoms. The molecule has 0 bridgehead atoms. The highest BCUT2D eigenvalue weighted by atomic mass is 32.1. The maximum Gasteiger partial charge on any atom is 0.242 e. The second-order valence-electron chi connectivity index (χ2n) is 7.57. The van der Waals surface area contributed by atoms with E-state index in [1.165, 1.54) is 47.3 Å². The quantitative estimate of drug-likeness (QED) is 0.303. The number of carbonyl (C=O) groups is 1. The van der Waals surface area contributed by atoms with Crippen LogP contribution in [-0.2, 0) is 0 Å². The van der Waals surface area contributed by atoms with Crippen LogP contribution in [0.1, 0.15) is 15.9 Å². The molecule has 0 amide bonds. The maximum atomic E-state index is 15.1. The fraction of sp³-hybridized carbons (Fsp3) is 0.0769. The predicted molar refractivity (Wildman–Crippen MR) is 131 cm³/mol. The summed E-state index contributed by atoms with van der Waals surface area (Å²) in [5.74, 6) is -1.70. The van der Waals surface area contributed by atoms with Gasteiger partial charge in [-0.25, -0.2) is 9.37 Å². The van der Waals surface area contributed by atoms with Crippen LogP contribution >= 0.6 is 11.3 Å². The van der Waals surface area contributed by atoms with E-state index < -0.39 is 23.2 Å². The van der Waals surface area contributed by atoms with Gasteiger partial charge >= 0.3 is 0 Å². The van der Waals surface area contributed by atoms with Crippen LogP contribution in [0.3, 0.4) is 0 Å². The zero-order valence-electron chi connectivity index (χ0n) is 18.7. The average Bonchev–Trinajstić information content (AvgIpc) is 3.41. The minimum absolute atomic E-state index is 0.0122. The van der Waals surface area contributed by atoms with Gasteiger partial charge in [0.1, 0.15) is 17.3 Å². The van der Waals surface area contributed by atoms with Crippen LogP contribution in [0.2, 0.25) is 0 Å². The number of methoxy groups -OCH3 is 2. The number of ketones is 1. The first-order valence-corrected chi connectivity index (χ1v) is 11.3. The zero-order valence-corrected chi connectivity index (χ0v) is 19.5. The van der Waals surface area contributed by atoms with Gasteiger partial charge in [0.25, 0.3) is 0 Å². The lowest BCUT2D eigenvalue weighted by Gasteiger charge is -2.11. The Labute approximate surface area is 203 Å². The Kier molecular flexibility index (Phi) is 5.62. The number of hydrogen-bond donors (Lipinski definition) is 2. The third-order valence-corrected chi connectivity index (χ3v) is 6.61. The summed E-state index contributed by atoms with van der Waals surface area (Å²) in [6.07, 6.45) is 0. The molecule has 7 nitrogen and oxygen atoms in total. The Morgan fingerprint density at radius 1 is 1.00 bits per heavy atom. The van der Waals surface area contributed by atoms with Crippen molar-refractivity contribution in [2.45, 2.75) is 0 Å². The van der Waals surface area contributed by atoms with Gasteiger partial charge in [-0.1, -0.05) is 35.6 Å². The molecule has 0 saturated carbocycles. The smallest absolute Gasteiger partial charge is 0.242 e. The molecular weight excluding hydrogens is 471 g/mol. The summed E-state index contributed by atoms with van der Waals surface area (Å²) >= 11 is 1.19. The number of carbonyl (C=O) groups excluding carboxylic acids is 1. The number of rotatable bonds is 6. The van der Waals surface area contributed by atoms with Crippen LogP contribution in [-0.4, -0.2) is 39.8 Å². The standard InChI is InChI=1S/C26H19FN2O5S/c1-33-14-11-12-18-20(13-14)35-26(28-18)29-22(15-7-3-5-9-17(15)27)21(24(31)25(29)32)23(30)16-8-4-6-10-19(16)34-2/h3-13,31-32H,1-2H3. The van der Waals surface area contributed by atoms with Crippen LogP contribution in [0.15, 0.2) is 66.7 Å². The Bertz CT molecular complexity index is 1590. The molecule has 2 N–H and O–H groups in total. The number of fused-ring (bicyclic) bond motifs is 1. The van der Waals surface area contributed by atoms with Crippen molar-refractivity contribution in [3.8, 4) is 39.5 Å². The van der Waals surface area contributed by atoms with Crippen molar-refractivity contribution in [1.29, 1.82) is 0 Å². The highest BCUT2D eigenvalue weighted by Crippen LogP contribution is 2.46. The summed E-state index contributed by atoms with van der Waals surface area (Å²) < 4.78 is 27.6. The highest BCUT2D eigenvalue weighted by molar-refractivity contribution is 7.20. The van der Waals surface area contributed by atoms with E-state index in [1.807, 2.05) is 0 Å². The minimum Gasteiger partial charge on any atom is -0.503 e. The maximum absolute atomic E-state index is 15.1. The summed E-state index contributed by atoms with van der Waals surface area (Å²) in [4.78, 5) is 18.2. The Morgan fingerprint density at radius 3 is 2.49 bits per heavy atom. The summed E-state index contributed by atoms with van der Waals surface area (Å²) in [7, 11) is 2.97. The first kappa shape index (κ1) is 22.4. The molecule has 0 aliphatic carbocycles. The molecule has 5 aromatic rings. The second kappa shape index (κ2) is 8.77. The molecule has 0 spiro atoms. The van der Waals surface area contributed by atoms with E-state index in [0.717, 1.165) is 4.70 Å². The molecule has 2 heterocycles. The molecule has 35 heavy (non-hydrogen) atoms. The van der Waals surface area contributed by atoms with Crippen LogP contribution in [0.5, 0.6) is 23.1 Å². The number of benzene rings is 3. The van der Waals surface area contributed by atoms with Gasteiger partial charge in [-0.2, -0.15) is 0 Å². The van der Waals surface area contributed by atoms with Crippen molar-refractivity contribution in [3.05, 3.63) is 83.7 Å². The number of aromatic nitrogens is 2. The third-order valence-electron chi connectivity index (χ3n) is 5.60. The molecule has 0 saturated heterocycles. The van der Waals surface area contributed by atoms with Crippen LogP contribution in [0, 0.1) is 5.82 Å². The first-order valence-electron chi connectivity index (χ1n) is 10.5. The van der Waals surface area contributed by atoms with Gasteiger partial charge in [0.05, 0.1) is 41.3 Å². The van der Waals surface area contributed by atoms with E-state index in [1.54, 1.807) is 49.6 Å². The van der Waals surface area contributed by atoms with Crippen molar-refractivity contribution in [2.75, 3.05) is 14.2 Å². The van der Waals surface area contributed by atoms with Crippen molar-refractivity contribution in [3.63, 3.8) is 0 Å². The summed E-state index contributed by atoms with van der Waals surface area (Å²) in [5.41, 5.74) is 0.469. The van der Waals surface area contributed by atoms with Gasteiger partial charge in [-0.3, -0.25) is 9.36 Å². The largest absolute Gasteiger partial charge is 0.503 e. The topological polar surface area (TPSA) is 93.8 Å². The Balaban J connectivity index is 1.82. The number of halogens is 1. The Morgan fingerprint density at radius 2 is 1.74 bits per heavy atom. The number of ether oxygens (including phenoxy) is 2. The summed E-state index contributed by atoms with van der Waals surface area (Å²) in [5, 5.41) is 22.2. The van der Waals surface area contributed by atoms with Crippen molar-refractivity contribution in [2.24, 2.45) is 0 Å². The fourth-order valence-electron chi connectivity index (χ4n) is 3.94. The number of aromatic hydroxyl groups is 2. The lowest BCUT2D eigenvalue weighted by Crippen LogP contribution is -2.07. The number of para-hydroxylation sites is 1. The highest BCUT2D eigenvalue weighted by Gasteiger charge is 2.33. The van der Waals surface area contributed by atoms with E-state index in [2.05, 4.69) is 4.98 Å². The molecule has 0 fully saturated rings. The van der Waals surface area contributed by atoms with E-state index >= 15 is 4.39 Å². The van der Waals surface area contributed by atoms with E-state index in [9.17, 15) is 15.0 Å². The van der Waals surface area contributed by atoms with E-state index in [4.69, 9.17) is 9.47 Å². The second-order valence-corrected chi connectivity index (χ2v) is 8.58. The van der Waals surface area contributed by atoms with Gasteiger partial charge in [0.15, 0.2) is 10.9 Å². The molecule has 3 aromatic carbocycles. The normalized spacial score (nSPS) is 11.1. The first-order chi connectivity index (χ1) is 16.9. The molecule has 0 aliphatic heterocycles. The molecule has 2 aromatic heterocycles.